The number of nitrogens with zero attached hydrogens (tertiary/aromatic N) is 1. The Morgan fingerprint density at radius 1 is 1.50 bits per heavy atom. The average molecular weight is 201 g/mol. The highest BCUT2D eigenvalue weighted by Crippen LogP contribution is 2.34. The zero-order valence-corrected chi connectivity index (χ0v) is 8.79. The summed E-state index contributed by atoms with van der Waals surface area (Å²) in [5.74, 6) is 0.0186. The maximum atomic E-state index is 13.5. The van der Waals surface area contributed by atoms with Gasteiger partial charge in [-0.15, -0.1) is 0 Å². The summed E-state index contributed by atoms with van der Waals surface area (Å²) in [7, 11) is 0. The molecule has 4 heteroatoms. The Balaban J connectivity index is 2.25. The summed E-state index contributed by atoms with van der Waals surface area (Å²) in [5.41, 5.74) is -0.173. The standard InChI is InChI=1S/C10H16FNO2/c1-10(2,3)12-4-6(11)9-8(12)7(13)5-14-9/h6,8-9H,4-5H2,1-3H3/t6-,8+,9+/m0/s1. The third-order valence-corrected chi connectivity index (χ3v) is 2.98. The van der Waals surface area contributed by atoms with Crippen LogP contribution in [-0.4, -0.2) is 47.7 Å². The summed E-state index contributed by atoms with van der Waals surface area (Å²) in [4.78, 5) is 13.4. The van der Waals surface area contributed by atoms with Crippen LogP contribution < -0.4 is 0 Å². The van der Waals surface area contributed by atoms with E-state index in [1.165, 1.54) is 0 Å². The van der Waals surface area contributed by atoms with E-state index >= 15 is 0 Å². The van der Waals surface area contributed by atoms with Crippen molar-refractivity contribution in [2.24, 2.45) is 0 Å². The number of halogens is 1. The SMILES string of the molecule is CC(C)(C)N1C[C@H](F)[C@H]2OCC(=O)[C@H]21. The molecule has 0 saturated carbocycles. The van der Waals surface area contributed by atoms with Crippen molar-refractivity contribution in [1.29, 1.82) is 0 Å². The Morgan fingerprint density at radius 2 is 2.14 bits per heavy atom. The van der Waals surface area contributed by atoms with Crippen LogP contribution in [0.4, 0.5) is 4.39 Å². The Morgan fingerprint density at radius 3 is 2.71 bits per heavy atom. The lowest BCUT2D eigenvalue weighted by molar-refractivity contribution is -0.122. The van der Waals surface area contributed by atoms with Gasteiger partial charge in [-0.25, -0.2) is 4.39 Å². The van der Waals surface area contributed by atoms with Gasteiger partial charge >= 0.3 is 0 Å². The van der Waals surface area contributed by atoms with Gasteiger partial charge in [0.25, 0.3) is 0 Å². The molecule has 0 bridgehead atoms. The Bertz CT molecular complexity index is 261. The predicted molar refractivity (Wildman–Crippen MR) is 49.9 cm³/mol. The molecular formula is C10H16FNO2. The van der Waals surface area contributed by atoms with E-state index < -0.39 is 12.3 Å². The average Bonchev–Trinajstić information content (AvgIpc) is 2.54. The zero-order valence-electron chi connectivity index (χ0n) is 8.79. The van der Waals surface area contributed by atoms with E-state index in [1.807, 2.05) is 25.7 Å². The van der Waals surface area contributed by atoms with Gasteiger partial charge in [0.2, 0.25) is 0 Å². The molecule has 0 aromatic heterocycles. The molecule has 0 amide bonds. The molecular weight excluding hydrogens is 185 g/mol. The van der Waals surface area contributed by atoms with Crippen LogP contribution >= 0.6 is 0 Å². The van der Waals surface area contributed by atoms with Gasteiger partial charge in [-0.2, -0.15) is 0 Å². The van der Waals surface area contributed by atoms with E-state index in [0.717, 1.165) is 0 Å². The second-order valence-corrected chi connectivity index (χ2v) is 5.03. The summed E-state index contributed by atoms with van der Waals surface area (Å²) in [6.07, 6.45) is -1.55. The maximum Gasteiger partial charge on any atom is 0.178 e. The number of likely N-dealkylation sites (tertiary alicyclic amines) is 1. The van der Waals surface area contributed by atoms with E-state index in [2.05, 4.69) is 0 Å². The molecule has 0 spiro atoms. The molecule has 3 atom stereocenters. The van der Waals surface area contributed by atoms with Crippen molar-refractivity contribution in [1.82, 2.24) is 4.90 Å². The van der Waals surface area contributed by atoms with Crippen LogP contribution in [0.1, 0.15) is 20.8 Å². The number of carbonyl (C=O) groups excluding carboxylic acids is 1. The third kappa shape index (κ3) is 1.37. The number of Topliss-reactive ketones (excluding diaryl/α,β-unsaturated/α-hetero) is 1. The Labute approximate surface area is 83.2 Å². The number of ether oxygens (including phenoxy) is 1. The largest absolute Gasteiger partial charge is 0.365 e. The van der Waals surface area contributed by atoms with Gasteiger partial charge in [-0.1, -0.05) is 0 Å². The van der Waals surface area contributed by atoms with Crippen LogP contribution in [0.2, 0.25) is 0 Å². The fourth-order valence-electron chi connectivity index (χ4n) is 2.29. The van der Waals surface area contributed by atoms with Crippen molar-refractivity contribution < 1.29 is 13.9 Å². The predicted octanol–water partition coefficient (Wildman–Crippen LogP) is 0.775. The molecule has 0 radical (unpaired) electrons. The van der Waals surface area contributed by atoms with Gasteiger partial charge in [0.15, 0.2) is 5.78 Å². The first kappa shape index (κ1) is 10.1. The molecule has 2 rings (SSSR count). The minimum atomic E-state index is -1.02. The van der Waals surface area contributed by atoms with Crippen molar-refractivity contribution in [3.63, 3.8) is 0 Å². The quantitative estimate of drug-likeness (QED) is 0.580. The van der Waals surface area contributed by atoms with Gasteiger partial charge in [0, 0.05) is 12.1 Å². The monoisotopic (exact) mass is 201 g/mol. The first-order valence-electron chi connectivity index (χ1n) is 4.96. The molecule has 2 aliphatic rings. The first-order valence-corrected chi connectivity index (χ1v) is 4.96. The molecule has 80 valence electrons. The summed E-state index contributed by atoms with van der Waals surface area (Å²) < 4.78 is 18.7. The van der Waals surface area contributed by atoms with E-state index in [0.29, 0.717) is 6.54 Å². The van der Waals surface area contributed by atoms with E-state index in [9.17, 15) is 9.18 Å². The molecule has 2 saturated heterocycles. The second kappa shape index (κ2) is 3.00. The van der Waals surface area contributed by atoms with E-state index in [4.69, 9.17) is 4.74 Å². The van der Waals surface area contributed by atoms with Crippen LogP contribution in [-0.2, 0) is 9.53 Å². The van der Waals surface area contributed by atoms with Crippen molar-refractivity contribution in [2.75, 3.05) is 13.2 Å². The summed E-state index contributed by atoms with van der Waals surface area (Å²) in [6, 6.07) is -0.356. The number of hydrogen-bond donors (Lipinski definition) is 0. The maximum absolute atomic E-state index is 13.5. The minimum Gasteiger partial charge on any atom is -0.365 e. The number of ketones is 1. The number of rotatable bonds is 0. The molecule has 0 aromatic rings. The topological polar surface area (TPSA) is 29.5 Å². The highest BCUT2D eigenvalue weighted by molar-refractivity contribution is 5.88. The molecule has 0 aromatic carbocycles. The number of carbonyl (C=O) groups is 1. The lowest BCUT2D eigenvalue weighted by atomic mass is 10.0. The zero-order chi connectivity index (χ0) is 10.5. The Hall–Kier alpha value is -0.480. The molecule has 2 aliphatic heterocycles. The second-order valence-electron chi connectivity index (χ2n) is 5.03. The molecule has 0 aliphatic carbocycles. The summed E-state index contributed by atoms with van der Waals surface area (Å²) >= 11 is 0. The van der Waals surface area contributed by atoms with Gasteiger partial charge < -0.3 is 4.74 Å². The van der Waals surface area contributed by atoms with Crippen LogP contribution in [0, 0.1) is 0 Å². The minimum absolute atomic E-state index is 0.0186. The number of alkyl halides is 1. The molecule has 3 nitrogen and oxygen atoms in total. The lowest BCUT2D eigenvalue weighted by Gasteiger charge is -2.34. The lowest BCUT2D eigenvalue weighted by Crippen LogP contribution is -2.48. The normalized spacial score (nSPS) is 39.1. The summed E-state index contributed by atoms with van der Waals surface area (Å²) in [5, 5.41) is 0. The highest BCUT2D eigenvalue weighted by Gasteiger charge is 2.53. The number of fused-ring (bicyclic) bond motifs is 1. The number of hydrogen-bond acceptors (Lipinski definition) is 3. The van der Waals surface area contributed by atoms with Crippen LogP contribution in [0.15, 0.2) is 0 Å². The van der Waals surface area contributed by atoms with E-state index in [-0.39, 0.29) is 24.0 Å². The van der Waals surface area contributed by atoms with Crippen LogP contribution in [0.5, 0.6) is 0 Å². The molecule has 0 unspecified atom stereocenters. The smallest absolute Gasteiger partial charge is 0.178 e. The van der Waals surface area contributed by atoms with Crippen molar-refractivity contribution in [3.8, 4) is 0 Å². The molecule has 2 fully saturated rings. The highest BCUT2D eigenvalue weighted by atomic mass is 19.1. The van der Waals surface area contributed by atoms with Gasteiger partial charge in [0.1, 0.15) is 24.9 Å². The van der Waals surface area contributed by atoms with Gasteiger partial charge in [-0.05, 0) is 20.8 Å². The fraction of sp³-hybridized carbons (Fsp3) is 0.900. The van der Waals surface area contributed by atoms with Gasteiger partial charge in [-0.3, -0.25) is 9.69 Å². The van der Waals surface area contributed by atoms with Crippen LogP contribution in [0.25, 0.3) is 0 Å². The van der Waals surface area contributed by atoms with Gasteiger partial charge in [0.05, 0.1) is 0 Å². The van der Waals surface area contributed by atoms with Crippen LogP contribution in [0.3, 0.4) is 0 Å². The van der Waals surface area contributed by atoms with Crippen molar-refractivity contribution in [2.45, 2.75) is 44.6 Å². The molecule has 2 heterocycles. The summed E-state index contributed by atoms with van der Waals surface area (Å²) in [6.45, 7) is 6.36. The molecule has 14 heavy (non-hydrogen) atoms. The van der Waals surface area contributed by atoms with E-state index in [1.54, 1.807) is 0 Å². The third-order valence-electron chi connectivity index (χ3n) is 2.98. The molecule has 0 N–H and O–H groups in total. The Kier molecular flexibility index (Phi) is 2.16. The van der Waals surface area contributed by atoms with Crippen molar-refractivity contribution >= 4 is 5.78 Å². The fourth-order valence-corrected chi connectivity index (χ4v) is 2.29. The first-order chi connectivity index (χ1) is 6.41. The van der Waals surface area contributed by atoms with Crippen molar-refractivity contribution in [3.05, 3.63) is 0 Å².